The molecule has 1 aromatic carbocycles. The number of pyridine rings is 1. The summed E-state index contributed by atoms with van der Waals surface area (Å²) in [5.41, 5.74) is 0.273. The monoisotopic (exact) mass is 369 g/mol. The molecule has 2 amide bonds. The SMILES string of the molecule is CC(=O)Nc1cccc(C(=O)NCCCNc2nsc3ccccc23)n1. The maximum Gasteiger partial charge on any atom is 0.269 e. The van der Waals surface area contributed by atoms with Crippen LogP contribution in [0.1, 0.15) is 23.8 Å². The van der Waals surface area contributed by atoms with E-state index in [0.29, 0.717) is 18.9 Å². The van der Waals surface area contributed by atoms with E-state index >= 15 is 0 Å². The molecule has 2 aromatic heterocycles. The van der Waals surface area contributed by atoms with Crippen molar-refractivity contribution in [2.24, 2.45) is 0 Å². The van der Waals surface area contributed by atoms with E-state index in [1.807, 2.05) is 24.3 Å². The van der Waals surface area contributed by atoms with Gasteiger partial charge in [-0.2, -0.15) is 4.37 Å². The Balaban J connectivity index is 1.45. The lowest BCUT2D eigenvalue weighted by molar-refractivity contribution is -0.114. The second-order valence-electron chi connectivity index (χ2n) is 5.65. The molecule has 0 unspecified atom stereocenters. The zero-order valence-corrected chi connectivity index (χ0v) is 15.1. The molecule has 0 atom stereocenters. The molecule has 0 fully saturated rings. The molecule has 0 aliphatic carbocycles. The van der Waals surface area contributed by atoms with Gasteiger partial charge >= 0.3 is 0 Å². The molecule has 0 radical (unpaired) electrons. The number of hydrogen-bond acceptors (Lipinski definition) is 6. The third-order valence-electron chi connectivity index (χ3n) is 3.59. The highest BCUT2D eigenvalue weighted by molar-refractivity contribution is 7.13. The largest absolute Gasteiger partial charge is 0.369 e. The first kappa shape index (κ1) is 17.8. The minimum Gasteiger partial charge on any atom is -0.369 e. The number of benzene rings is 1. The van der Waals surface area contributed by atoms with Gasteiger partial charge in [-0.05, 0) is 42.2 Å². The van der Waals surface area contributed by atoms with Gasteiger partial charge in [-0.15, -0.1) is 0 Å². The van der Waals surface area contributed by atoms with Crippen LogP contribution < -0.4 is 16.0 Å². The molecule has 0 saturated carbocycles. The van der Waals surface area contributed by atoms with Crippen molar-refractivity contribution in [2.45, 2.75) is 13.3 Å². The molecule has 7 nitrogen and oxygen atoms in total. The maximum absolute atomic E-state index is 12.1. The molecule has 134 valence electrons. The van der Waals surface area contributed by atoms with E-state index < -0.39 is 0 Å². The Morgan fingerprint density at radius 3 is 2.77 bits per heavy atom. The minimum atomic E-state index is -0.267. The summed E-state index contributed by atoms with van der Waals surface area (Å²) < 4.78 is 5.55. The fraction of sp³-hybridized carbons (Fsp3) is 0.222. The van der Waals surface area contributed by atoms with Crippen LogP contribution in [0.2, 0.25) is 0 Å². The van der Waals surface area contributed by atoms with E-state index in [0.717, 1.165) is 22.3 Å². The van der Waals surface area contributed by atoms with Crippen molar-refractivity contribution < 1.29 is 9.59 Å². The van der Waals surface area contributed by atoms with Gasteiger partial charge in [0.2, 0.25) is 5.91 Å². The summed E-state index contributed by atoms with van der Waals surface area (Å²) >= 11 is 1.46. The van der Waals surface area contributed by atoms with Crippen molar-refractivity contribution in [3.63, 3.8) is 0 Å². The zero-order chi connectivity index (χ0) is 18.4. The van der Waals surface area contributed by atoms with Crippen LogP contribution >= 0.6 is 11.5 Å². The summed E-state index contributed by atoms with van der Waals surface area (Å²) in [5.74, 6) is 0.746. The zero-order valence-electron chi connectivity index (χ0n) is 14.3. The quantitative estimate of drug-likeness (QED) is 0.557. The van der Waals surface area contributed by atoms with Gasteiger partial charge in [0, 0.05) is 25.4 Å². The van der Waals surface area contributed by atoms with Crippen molar-refractivity contribution in [1.29, 1.82) is 0 Å². The van der Waals surface area contributed by atoms with E-state index in [2.05, 4.69) is 25.3 Å². The first-order chi connectivity index (χ1) is 12.6. The molecule has 0 aliphatic rings. The fourth-order valence-corrected chi connectivity index (χ4v) is 3.17. The molecule has 3 N–H and O–H groups in total. The predicted molar refractivity (Wildman–Crippen MR) is 104 cm³/mol. The molecule has 0 bridgehead atoms. The average molecular weight is 369 g/mol. The summed E-state index contributed by atoms with van der Waals surface area (Å²) in [6.45, 7) is 2.61. The summed E-state index contributed by atoms with van der Waals surface area (Å²) in [5, 5.41) is 9.79. The van der Waals surface area contributed by atoms with Crippen molar-refractivity contribution >= 4 is 45.1 Å². The number of fused-ring (bicyclic) bond motifs is 1. The lowest BCUT2D eigenvalue weighted by Crippen LogP contribution is -2.27. The molecule has 3 aromatic rings. The van der Waals surface area contributed by atoms with Gasteiger partial charge < -0.3 is 16.0 Å². The van der Waals surface area contributed by atoms with Crippen LogP contribution in [0.15, 0.2) is 42.5 Å². The standard InChI is InChI=1S/C18H19N5O2S/c1-12(24)21-16-9-4-7-14(22-16)18(25)20-11-5-10-19-17-13-6-2-3-8-15(13)26-23-17/h2-4,6-9H,5,10-11H2,1H3,(H,19,23)(H,20,25)(H,21,22,24). The Morgan fingerprint density at radius 2 is 1.92 bits per heavy atom. The Labute approximate surface area is 155 Å². The Kier molecular flexibility index (Phi) is 5.75. The van der Waals surface area contributed by atoms with Crippen LogP contribution in [0.5, 0.6) is 0 Å². The van der Waals surface area contributed by atoms with Crippen LogP contribution in [0, 0.1) is 0 Å². The number of anilines is 2. The number of aromatic nitrogens is 2. The topological polar surface area (TPSA) is 96.0 Å². The molecular formula is C18H19N5O2S. The van der Waals surface area contributed by atoms with Crippen LogP contribution in [-0.4, -0.2) is 34.3 Å². The second kappa shape index (κ2) is 8.39. The average Bonchev–Trinajstić information content (AvgIpc) is 3.04. The van der Waals surface area contributed by atoms with Crippen LogP contribution in [0.4, 0.5) is 11.6 Å². The lowest BCUT2D eigenvalue weighted by Gasteiger charge is -2.07. The van der Waals surface area contributed by atoms with Gasteiger partial charge in [-0.3, -0.25) is 9.59 Å². The third kappa shape index (κ3) is 4.54. The highest BCUT2D eigenvalue weighted by Crippen LogP contribution is 2.25. The van der Waals surface area contributed by atoms with Crippen LogP contribution in [0.3, 0.4) is 0 Å². The first-order valence-electron chi connectivity index (χ1n) is 8.24. The van der Waals surface area contributed by atoms with E-state index in [4.69, 9.17) is 0 Å². The Hall–Kier alpha value is -3.00. The first-order valence-corrected chi connectivity index (χ1v) is 9.02. The number of carbonyl (C=O) groups is 2. The molecular weight excluding hydrogens is 350 g/mol. The number of carbonyl (C=O) groups excluding carboxylic acids is 2. The molecule has 26 heavy (non-hydrogen) atoms. The molecule has 3 rings (SSSR count). The summed E-state index contributed by atoms with van der Waals surface area (Å²) in [4.78, 5) is 27.3. The second-order valence-corrected chi connectivity index (χ2v) is 6.46. The minimum absolute atomic E-state index is 0.226. The number of hydrogen-bond donors (Lipinski definition) is 3. The van der Waals surface area contributed by atoms with Crippen molar-refractivity contribution in [3.8, 4) is 0 Å². The summed E-state index contributed by atoms with van der Waals surface area (Å²) in [6.07, 6.45) is 0.753. The van der Waals surface area contributed by atoms with E-state index in [1.165, 1.54) is 18.5 Å². The molecule has 0 aliphatic heterocycles. The normalized spacial score (nSPS) is 10.5. The van der Waals surface area contributed by atoms with Gasteiger partial charge in [-0.25, -0.2) is 4.98 Å². The molecule has 0 saturated heterocycles. The van der Waals surface area contributed by atoms with Gasteiger partial charge in [-0.1, -0.05) is 18.2 Å². The van der Waals surface area contributed by atoms with Crippen molar-refractivity contribution in [3.05, 3.63) is 48.2 Å². The smallest absolute Gasteiger partial charge is 0.269 e. The van der Waals surface area contributed by atoms with Crippen molar-refractivity contribution in [1.82, 2.24) is 14.7 Å². The highest BCUT2D eigenvalue weighted by atomic mass is 32.1. The molecule has 0 spiro atoms. The highest BCUT2D eigenvalue weighted by Gasteiger charge is 2.08. The molecule has 2 heterocycles. The number of nitrogens with one attached hydrogen (secondary N) is 3. The lowest BCUT2D eigenvalue weighted by atomic mass is 10.2. The van der Waals surface area contributed by atoms with Gasteiger partial charge in [0.15, 0.2) is 0 Å². The summed E-state index contributed by atoms with van der Waals surface area (Å²) in [7, 11) is 0. The van der Waals surface area contributed by atoms with Crippen molar-refractivity contribution in [2.75, 3.05) is 23.7 Å². The van der Waals surface area contributed by atoms with Gasteiger partial charge in [0.25, 0.3) is 5.91 Å². The van der Waals surface area contributed by atoms with Crippen LogP contribution in [0.25, 0.3) is 10.1 Å². The maximum atomic E-state index is 12.1. The third-order valence-corrected chi connectivity index (χ3v) is 4.42. The number of nitrogens with zero attached hydrogens (tertiary/aromatic N) is 2. The van der Waals surface area contributed by atoms with E-state index in [-0.39, 0.29) is 17.5 Å². The fourth-order valence-electron chi connectivity index (χ4n) is 2.41. The number of amides is 2. The Morgan fingerprint density at radius 1 is 1.08 bits per heavy atom. The van der Waals surface area contributed by atoms with Crippen LogP contribution in [-0.2, 0) is 4.79 Å². The predicted octanol–water partition coefficient (Wildman–Crippen LogP) is 2.88. The summed E-state index contributed by atoms with van der Waals surface area (Å²) in [6, 6.07) is 13.0. The van der Waals surface area contributed by atoms with Gasteiger partial charge in [0.1, 0.15) is 17.3 Å². The molecule has 8 heteroatoms. The Bertz CT molecular complexity index is 925. The van der Waals surface area contributed by atoms with Gasteiger partial charge in [0.05, 0.1) is 4.70 Å². The van der Waals surface area contributed by atoms with E-state index in [9.17, 15) is 9.59 Å². The van der Waals surface area contributed by atoms with E-state index in [1.54, 1.807) is 18.2 Å². The number of rotatable bonds is 7.